The fraction of sp³-hybridized carbons (Fsp3) is 0.300. The van der Waals surface area contributed by atoms with Crippen molar-refractivity contribution < 1.29 is 18.3 Å². The molecule has 0 saturated heterocycles. The lowest BCUT2D eigenvalue weighted by atomic mass is 10.0. The van der Waals surface area contributed by atoms with Crippen molar-refractivity contribution in [1.82, 2.24) is 0 Å². The third kappa shape index (κ3) is 2.96. The second-order valence-electron chi connectivity index (χ2n) is 3.54. The molecule has 0 aromatic heterocycles. The fourth-order valence-corrected chi connectivity index (χ4v) is 2.43. The highest BCUT2D eigenvalue weighted by atomic mass is 35.7. The largest absolute Gasteiger partial charge is 0.481 e. The van der Waals surface area contributed by atoms with Gasteiger partial charge in [0.15, 0.2) is 0 Å². The molecule has 1 N–H and O–H groups in total. The summed E-state index contributed by atoms with van der Waals surface area (Å²) in [5.74, 6) is -0.951. The summed E-state index contributed by atoms with van der Waals surface area (Å²) in [6.07, 6.45) is -0.125. The average Bonchev–Trinajstić information content (AvgIpc) is 2.09. The average molecular weight is 263 g/mol. The van der Waals surface area contributed by atoms with Crippen molar-refractivity contribution in [3.63, 3.8) is 0 Å². The van der Waals surface area contributed by atoms with Gasteiger partial charge in [-0.25, -0.2) is 8.42 Å². The molecule has 4 nitrogen and oxygen atoms in total. The molecule has 0 aliphatic rings. The van der Waals surface area contributed by atoms with E-state index >= 15 is 0 Å². The SMILES string of the molecule is Cc1cc(S(=O)(=O)Cl)cc(C)c1CC(=O)O. The lowest BCUT2D eigenvalue weighted by Crippen LogP contribution is -2.05. The predicted molar refractivity (Wildman–Crippen MR) is 60.3 cm³/mol. The smallest absolute Gasteiger partial charge is 0.307 e. The molecule has 0 unspecified atom stereocenters. The molecular weight excluding hydrogens is 252 g/mol. The van der Waals surface area contributed by atoms with Crippen molar-refractivity contribution in [2.45, 2.75) is 25.2 Å². The Balaban J connectivity index is 3.34. The second kappa shape index (κ2) is 4.43. The van der Waals surface area contributed by atoms with Crippen LogP contribution in [0.5, 0.6) is 0 Å². The molecule has 16 heavy (non-hydrogen) atoms. The molecule has 88 valence electrons. The van der Waals surface area contributed by atoms with E-state index < -0.39 is 15.0 Å². The number of hydrogen-bond acceptors (Lipinski definition) is 3. The maximum Gasteiger partial charge on any atom is 0.307 e. The molecule has 0 amide bonds. The maximum atomic E-state index is 11.1. The van der Waals surface area contributed by atoms with Crippen LogP contribution >= 0.6 is 10.7 Å². The zero-order valence-corrected chi connectivity index (χ0v) is 10.4. The van der Waals surface area contributed by atoms with E-state index in [1.54, 1.807) is 13.8 Å². The van der Waals surface area contributed by atoms with Gasteiger partial charge in [-0.2, -0.15) is 0 Å². The first-order valence-electron chi connectivity index (χ1n) is 4.48. The molecule has 0 radical (unpaired) electrons. The summed E-state index contributed by atoms with van der Waals surface area (Å²) in [4.78, 5) is 10.6. The molecule has 0 bridgehead atoms. The van der Waals surface area contributed by atoms with Gasteiger partial charge in [-0.3, -0.25) is 4.79 Å². The Kier molecular flexibility index (Phi) is 3.60. The van der Waals surface area contributed by atoms with Crippen molar-refractivity contribution in [1.29, 1.82) is 0 Å². The molecule has 0 fully saturated rings. The van der Waals surface area contributed by atoms with E-state index in [1.165, 1.54) is 12.1 Å². The van der Waals surface area contributed by atoms with E-state index in [4.69, 9.17) is 15.8 Å². The Morgan fingerprint density at radius 3 is 2.06 bits per heavy atom. The zero-order valence-electron chi connectivity index (χ0n) is 8.82. The van der Waals surface area contributed by atoms with Crippen molar-refractivity contribution in [3.8, 4) is 0 Å². The van der Waals surface area contributed by atoms with Crippen LogP contribution < -0.4 is 0 Å². The molecule has 0 aliphatic carbocycles. The number of halogens is 1. The second-order valence-corrected chi connectivity index (χ2v) is 6.11. The summed E-state index contributed by atoms with van der Waals surface area (Å²) in [5.41, 5.74) is 1.85. The lowest BCUT2D eigenvalue weighted by Gasteiger charge is -2.09. The Labute approximate surface area is 98.3 Å². The van der Waals surface area contributed by atoms with E-state index in [-0.39, 0.29) is 11.3 Å². The van der Waals surface area contributed by atoms with Gasteiger partial charge in [-0.05, 0) is 42.7 Å². The van der Waals surface area contributed by atoms with Crippen LogP contribution in [-0.2, 0) is 20.3 Å². The summed E-state index contributed by atoms with van der Waals surface area (Å²) in [6.45, 7) is 3.33. The summed E-state index contributed by atoms with van der Waals surface area (Å²) >= 11 is 0. The molecule has 0 heterocycles. The van der Waals surface area contributed by atoms with Crippen LogP contribution in [0.1, 0.15) is 16.7 Å². The van der Waals surface area contributed by atoms with Gasteiger partial charge < -0.3 is 5.11 Å². The molecule has 0 saturated carbocycles. The standard InChI is InChI=1S/C10H11ClO4S/c1-6-3-8(16(11,14)15)4-7(2)9(6)5-10(12)13/h3-4H,5H2,1-2H3,(H,12,13). The van der Waals surface area contributed by atoms with Crippen molar-refractivity contribution in [2.24, 2.45) is 0 Å². The fourth-order valence-electron chi connectivity index (χ4n) is 1.52. The van der Waals surface area contributed by atoms with Gasteiger partial charge in [0.1, 0.15) is 0 Å². The van der Waals surface area contributed by atoms with Crippen LogP contribution in [0.15, 0.2) is 17.0 Å². The number of benzene rings is 1. The highest BCUT2D eigenvalue weighted by Gasteiger charge is 2.15. The first-order valence-corrected chi connectivity index (χ1v) is 6.79. The first-order chi connectivity index (χ1) is 7.21. The summed E-state index contributed by atoms with van der Waals surface area (Å²) in [6, 6.07) is 2.77. The highest BCUT2D eigenvalue weighted by molar-refractivity contribution is 8.13. The van der Waals surface area contributed by atoms with Crippen LogP contribution in [0.4, 0.5) is 0 Å². The van der Waals surface area contributed by atoms with Crippen molar-refractivity contribution in [3.05, 3.63) is 28.8 Å². The van der Waals surface area contributed by atoms with Crippen molar-refractivity contribution >= 4 is 25.7 Å². The minimum Gasteiger partial charge on any atom is -0.481 e. The van der Waals surface area contributed by atoms with Gasteiger partial charge in [-0.15, -0.1) is 0 Å². The number of aryl methyl sites for hydroxylation is 2. The van der Waals surface area contributed by atoms with Gasteiger partial charge in [0.2, 0.25) is 0 Å². The topological polar surface area (TPSA) is 71.4 Å². The number of carbonyl (C=O) groups is 1. The molecule has 0 atom stereocenters. The Morgan fingerprint density at radius 1 is 1.31 bits per heavy atom. The molecule has 1 aromatic carbocycles. The molecule has 0 spiro atoms. The van der Waals surface area contributed by atoms with Crippen LogP contribution in [0.25, 0.3) is 0 Å². The number of carboxylic acid groups (broad SMARTS) is 1. The van der Waals surface area contributed by atoms with Gasteiger partial charge in [0.25, 0.3) is 9.05 Å². The Bertz CT molecular complexity index is 511. The Hall–Kier alpha value is -1.07. The molecule has 1 aromatic rings. The van der Waals surface area contributed by atoms with Crippen LogP contribution in [-0.4, -0.2) is 19.5 Å². The highest BCUT2D eigenvalue weighted by Crippen LogP contribution is 2.22. The van der Waals surface area contributed by atoms with Crippen LogP contribution in [0.2, 0.25) is 0 Å². The lowest BCUT2D eigenvalue weighted by molar-refractivity contribution is -0.136. The molecule has 6 heteroatoms. The van der Waals surface area contributed by atoms with Gasteiger partial charge >= 0.3 is 5.97 Å². The minimum atomic E-state index is -3.77. The summed E-state index contributed by atoms with van der Waals surface area (Å²) in [5, 5.41) is 8.70. The normalized spacial score (nSPS) is 11.4. The molecule has 0 aliphatic heterocycles. The summed E-state index contributed by atoms with van der Waals surface area (Å²) in [7, 11) is 1.45. The van der Waals surface area contributed by atoms with Gasteiger partial charge in [0.05, 0.1) is 11.3 Å². The third-order valence-electron chi connectivity index (χ3n) is 2.28. The van der Waals surface area contributed by atoms with E-state index in [9.17, 15) is 13.2 Å². The van der Waals surface area contributed by atoms with Gasteiger partial charge in [0, 0.05) is 10.7 Å². The Morgan fingerprint density at radius 2 is 1.75 bits per heavy atom. The van der Waals surface area contributed by atoms with Gasteiger partial charge in [-0.1, -0.05) is 0 Å². The van der Waals surface area contributed by atoms with E-state index in [1.807, 2.05) is 0 Å². The van der Waals surface area contributed by atoms with Crippen LogP contribution in [0, 0.1) is 13.8 Å². The maximum absolute atomic E-state index is 11.1. The number of carboxylic acids is 1. The monoisotopic (exact) mass is 262 g/mol. The number of aliphatic carboxylic acids is 1. The quantitative estimate of drug-likeness (QED) is 0.844. The summed E-state index contributed by atoms with van der Waals surface area (Å²) < 4.78 is 22.2. The predicted octanol–water partition coefficient (Wildman–Crippen LogP) is 1.86. The number of rotatable bonds is 3. The minimum absolute atomic E-state index is 0.00157. The van der Waals surface area contributed by atoms with E-state index in [0.29, 0.717) is 16.7 Å². The number of hydrogen-bond donors (Lipinski definition) is 1. The molecule has 1 rings (SSSR count). The van der Waals surface area contributed by atoms with E-state index in [0.717, 1.165) is 0 Å². The molecular formula is C10H11ClO4S. The first kappa shape index (κ1) is 13.0. The van der Waals surface area contributed by atoms with E-state index in [2.05, 4.69) is 0 Å². The van der Waals surface area contributed by atoms with Crippen molar-refractivity contribution in [2.75, 3.05) is 0 Å². The third-order valence-corrected chi connectivity index (χ3v) is 3.61. The zero-order chi connectivity index (χ0) is 12.5. The van der Waals surface area contributed by atoms with Crippen LogP contribution in [0.3, 0.4) is 0 Å².